The van der Waals surface area contributed by atoms with E-state index in [1.165, 1.54) is 6.92 Å². The number of rotatable bonds is 0. The highest BCUT2D eigenvalue weighted by Gasteiger charge is 2.61. The lowest BCUT2D eigenvalue weighted by Crippen LogP contribution is -2.33. The van der Waals surface area contributed by atoms with Crippen molar-refractivity contribution >= 4 is 0 Å². The van der Waals surface area contributed by atoms with Crippen molar-refractivity contribution in [2.24, 2.45) is 5.92 Å². The molecule has 10 heavy (non-hydrogen) atoms. The minimum Gasteiger partial charge on any atom is -0.200 e. The lowest BCUT2D eigenvalue weighted by atomic mass is 10.1. The normalized spacial score (nSPS) is 30.9. The molecule has 0 unspecified atom stereocenters. The van der Waals surface area contributed by atoms with Gasteiger partial charge in [-0.25, -0.2) is 0 Å². The van der Waals surface area contributed by atoms with Crippen LogP contribution in [0.3, 0.4) is 0 Å². The third-order valence-corrected chi connectivity index (χ3v) is 1.74. The number of alkyl halides is 4. The molecule has 0 saturated heterocycles. The van der Waals surface area contributed by atoms with Crippen molar-refractivity contribution in [1.82, 2.24) is 0 Å². The topological polar surface area (TPSA) is 0 Å². The molecule has 0 atom stereocenters. The molecule has 0 nitrogen and oxygen atoms in total. The molecule has 0 aliphatic heterocycles. The smallest absolute Gasteiger partial charge is 0.200 e. The van der Waals surface area contributed by atoms with Crippen LogP contribution in [-0.2, 0) is 0 Å². The summed E-state index contributed by atoms with van der Waals surface area (Å²) in [5, 5.41) is 0. The molecule has 1 rings (SSSR count). The van der Waals surface area contributed by atoms with Gasteiger partial charge in [-0.15, -0.1) is 0 Å². The Balaban J connectivity index is 2.78. The van der Waals surface area contributed by atoms with Gasteiger partial charge in [-0.1, -0.05) is 6.92 Å². The maximum atomic E-state index is 12.2. The summed E-state index contributed by atoms with van der Waals surface area (Å²) in [4.78, 5) is 0. The largest absolute Gasteiger partial charge is 0.310 e. The molecule has 0 heterocycles. The van der Waals surface area contributed by atoms with Crippen molar-refractivity contribution in [1.29, 1.82) is 0 Å². The Bertz CT molecular complexity index is 125. The molecule has 0 aromatic heterocycles. The minimum atomic E-state index is -3.77. The van der Waals surface area contributed by atoms with E-state index in [0.717, 1.165) is 0 Å². The molecule has 60 valence electrons. The molecule has 0 bridgehead atoms. The van der Waals surface area contributed by atoms with Gasteiger partial charge < -0.3 is 0 Å². The Kier molecular flexibility index (Phi) is 1.45. The van der Waals surface area contributed by atoms with Crippen LogP contribution in [0.25, 0.3) is 0 Å². The van der Waals surface area contributed by atoms with Crippen LogP contribution < -0.4 is 0 Å². The highest BCUT2D eigenvalue weighted by molar-refractivity contribution is 4.94. The van der Waals surface area contributed by atoms with Crippen molar-refractivity contribution in [3.05, 3.63) is 0 Å². The van der Waals surface area contributed by atoms with Crippen LogP contribution in [0.1, 0.15) is 19.8 Å². The van der Waals surface area contributed by atoms with E-state index < -0.39 is 30.6 Å². The molecule has 0 aromatic carbocycles. The van der Waals surface area contributed by atoms with E-state index >= 15 is 0 Å². The van der Waals surface area contributed by atoms with E-state index in [0.29, 0.717) is 0 Å². The van der Waals surface area contributed by atoms with Crippen LogP contribution >= 0.6 is 0 Å². The highest BCUT2D eigenvalue weighted by atomic mass is 19.3. The Morgan fingerprint density at radius 3 is 1.40 bits per heavy atom. The van der Waals surface area contributed by atoms with Crippen LogP contribution in [0.2, 0.25) is 0 Å². The molecule has 0 N–H and O–H groups in total. The molecule has 1 fully saturated rings. The molecule has 1 saturated carbocycles. The fraction of sp³-hybridized carbons (Fsp3) is 1.00. The number of halogens is 4. The predicted octanol–water partition coefficient (Wildman–Crippen LogP) is 2.69. The first-order valence-corrected chi connectivity index (χ1v) is 3.11. The van der Waals surface area contributed by atoms with Gasteiger partial charge in [0.15, 0.2) is 0 Å². The minimum absolute atomic E-state index is 0.565. The van der Waals surface area contributed by atoms with E-state index in [1.54, 1.807) is 0 Å². The third-order valence-electron chi connectivity index (χ3n) is 1.74. The monoisotopic (exact) mass is 156 g/mol. The van der Waals surface area contributed by atoms with Crippen LogP contribution in [-0.4, -0.2) is 11.8 Å². The van der Waals surface area contributed by atoms with Crippen molar-refractivity contribution < 1.29 is 17.6 Å². The summed E-state index contributed by atoms with van der Waals surface area (Å²) in [6, 6.07) is 0. The van der Waals surface area contributed by atoms with Gasteiger partial charge in [-0.05, 0) is 5.92 Å². The summed E-state index contributed by atoms with van der Waals surface area (Å²) < 4.78 is 48.9. The Hall–Kier alpha value is -0.280. The number of hydrogen-bond donors (Lipinski definition) is 0. The molecular weight excluding hydrogens is 148 g/mol. The first kappa shape index (κ1) is 7.82. The molecule has 1 aliphatic carbocycles. The molecule has 0 spiro atoms. The van der Waals surface area contributed by atoms with Gasteiger partial charge in [0, 0.05) is 12.8 Å². The maximum absolute atomic E-state index is 12.2. The lowest BCUT2D eigenvalue weighted by Gasteiger charge is -2.16. The second kappa shape index (κ2) is 1.86. The summed E-state index contributed by atoms with van der Waals surface area (Å²) in [7, 11) is 0. The van der Waals surface area contributed by atoms with Crippen molar-refractivity contribution in [2.45, 2.75) is 31.6 Å². The quantitative estimate of drug-likeness (QED) is 0.473. The Labute approximate surface area is 56.2 Å². The summed E-state index contributed by atoms with van der Waals surface area (Å²) in [6.07, 6.45) is -1.36. The second-order valence-corrected chi connectivity index (χ2v) is 2.92. The molecular formula is C6H8F4. The summed E-state index contributed by atoms with van der Waals surface area (Å²) in [6.45, 7) is 1.41. The highest BCUT2D eigenvalue weighted by Crippen LogP contribution is 2.49. The van der Waals surface area contributed by atoms with E-state index in [9.17, 15) is 17.6 Å². The average Bonchev–Trinajstić information content (AvgIpc) is 1.73. The third kappa shape index (κ3) is 0.995. The zero-order valence-corrected chi connectivity index (χ0v) is 5.50. The van der Waals surface area contributed by atoms with E-state index in [4.69, 9.17) is 0 Å². The first-order chi connectivity index (χ1) is 4.35. The fourth-order valence-corrected chi connectivity index (χ4v) is 1.25. The van der Waals surface area contributed by atoms with Gasteiger partial charge in [0.1, 0.15) is 0 Å². The van der Waals surface area contributed by atoms with E-state index in [1.807, 2.05) is 0 Å². The van der Waals surface area contributed by atoms with Crippen LogP contribution in [0, 0.1) is 5.92 Å². The van der Waals surface area contributed by atoms with Crippen LogP contribution in [0.15, 0.2) is 0 Å². The maximum Gasteiger partial charge on any atom is 0.310 e. The zero-order chi connectivity index (χ0) is 7.99. The SMILES string of the molecule is CC1CC(F)(F)C(F)(F)C1. The van der Waals surface area contributed by atoms with Gasteiger partial charge in [-0.3, -0.25) is 0 Å². The Morgan fingerprint density at radius 2 is 1.30 bits per heavy atom. The second-order valence-electron chi connectivity index (χ2n) is 2.92. The Morgan fingerprint density at radius 1 is 1.00 bits per heavy atom. The summed E-state index contributed by atoms with van der Waals surface area (Å²) in [5.41, 5.74) is 0. The average molecular weight is 156 g/mol. The van der Waals surface area contributed by atoms with Gasteiger partial charge >= 0.3 is 11.8 Å². The van der Waals surface area contributed by atoms with Crippen molar-refractivity contribution in [3.63, 3.8) is 0 Å². The number of hydrogen-bond acceptors (Lipinski definition) is 0. The van der Waals surface area contributed by atoms with Crippen LogP contribution in [0.4, 0.5) is 17.6 Å². The molecule has 0 aromatic rings. The van der Waals surface area contributed by atoms with Gasteiger partial charge in [0.25, 0.3) is 0 Å². The van der Waals surface area contributed by atoms with Gasteiger partial charge in [-0.2, -0.15) is 17.6 Å². The summed E-state index contributed by atoms with van der Waals surface area (Å²) >= 11 is 0. The predicted molar refractivity (Wildman–Crippen MR) is 28.3 cm³/mol. The first-order valence-electron chi connectivity index (χ1n) is 3.11. The van der Waals surface area contributed by atoms with E-state index in [-0.39, 0.29) is 0 Å². The molecule has 0 amide bonds. The summed E-state index contributed by atoms with van der Waals surface area (Å²) in [5.74, 6) is -8.11. The lowest BCUT2D eigenvalue weighted by molar-refractivity contribution is -0.185. The van der Waals surface area contributed by atoms with Gasteiger partial charge in [0.2, 0.25) is 0 Å². The van der Waals surface area contributed by atoms with Crippen LogP contribution in [0.5, 0.6) is 0 Å². The van der Waals surface area contributed by atoms with Crippen molar-refractivity contribution in [2.75, 3.05) is 0 Å². The van der Waals surface area contributed by atoms with Gasteiger partial charge in [0.05, 0.1) is 0 Å². The molecule has 0 radical (unpaired) electrons. The van der Waals surface area contributed by atoms with E-state index in [2.05, 4.69) is 0 Å². The molecule has 1 aliphatic rings. The fourth-order valence-electron chi connectivity index (χ4n) is 1.25. The zero-order valence-electron chi connectivity index (χ0n) is 5.50. The molecule has 4 heteroatoms. The van der Waals surface area contributed by atoms with Crippen molar-refractivity contribution in [3.8, 4) is 0 Å². The standard InChI is InChI=1S/C6H8F4/c1-4-2-5(7,8)6(9,10)3-4/h4H,2-3H2,1H3.